The van der Waals surface area contributed by atoms with E-state index in [2.05, 4.69) is 0 Å². The minimum absolute atomic E-state index is 0.243. The van der Waals surface area contributed by atoms with E-state index in [-0.39, 0.29) is 5.31 Å². The summed E-state index contributed by atoms with van der Waals surface area (Å²) in [5.74, 6) is 1.12. The van der Waals surface area contributed by atoms with Crippen molar-refractivity contribution in [1.29, 1.82) is 0 Å². The highest BCUT2D eigenvalue weighted by Crippen LogP contribution is 2.47. The summed E-state index contributed by atoms with van der Waals surface area (Å²) in [6, 6.07) is 0. The van der Waals surface area contributed by atoms with Crippen molar-refractivity contribution < 1.29 is 14.4 Å². The molecule has 6 heteroatoms. The Labute approximate surface area is 107 Å². The molecular weight excluding hydrogens is 270 g/mol. The Morgan fingerprint density at radius 3 is 2.12 bits per heavy atom. The van der Waals surface area contributed by atoms with Crippen LogP contribution < -0.4 is 0 Å². The minimum Gasteiger partial charge on any atom is -0.321 e. The summed E-state index contributed by atoms with van der Waals surface area (Å²) < 4.78 is 11.2. The molecule has 0 aromatic rings. The molecule has 0 aliphatic heterocycles. The van der Waals surface area contributed by atoms with Crippen molar-refractivity contribution in [3.63, 3.8) is 0 Å². The van der Waals surface area contributed by atoms with Crippen LogP contribution in [-0.4, -0.2) is 21.5 Å². The summed E-state index contributed by atoms with van der Waals surface area (Å²) in [6.45, 7) is 0. The quantitative estimate of drug-likeness (QED) is 0.385. The van der Waals surface area contributed by atoms with E-state index in [0.29, 0.717) is 24.6 Å². The lowest BCUT2D eigenvalue weighted by molar-refractivity contribution is 0.379. The monoisotopic (exact) mass is 288 g/mol. The van der Waals surface area contributed by atoms with Gasteiger partial charge >= 0.3 is 7.60 Å². The number of halogens is 2. The first-order chi connectivity index (χ1) is 7.52. The highest BCUT2D eigenvalue weighted by atomic mass is 35.5. The molecule has 0 saturated carbocycles. The Bertz CT molecular complexity index is 250. The molecule has 16 heavy (non-hydrogen) atoms. The molecule has 0 saturated heterocycles. The molecule has 0 aliphatic rings. The largest absolute Gasteiger partial charge is 0.351 e. The third-order valence-corrected chi connectivity index (χ3v) is 3.85. The Hall–Kier alpha value is 0.470. The van der Waals surface area contributed by atoms with E-state index in [1.165, 1.54) is 0 Å². The molecule has 2 N–H and O–H groups in total. The number of hydrogen-bond acceptors (Lipinski definition) is 1. The van der Waals surface area contributed by atoms with Crippen LogP contribution in [-0.2, 0) is 4.57 Å². The van der Waals surface area contributed by atoms with Crippen molar-refractivity contribution in [3.05, 3.63) is 11.4 Å². The second-order valence-corrected chi connectivity index (χ2v) is 5.99. The first-order valence-corrected chi connectivity index (χ1v) is 8.07. The molecule has 0 amide bonds. The van der Waals surface area contributed by atoms with Crippen molar-refractivity contribution in [2.75, 3.05) is 11.8 Å². The summed E-state index contributed by atoms with van der Waals surface area (Å²) in [5, 5.41) is 0.243. The van der Waals surface area contributed by atoms with Crippen LogP contribution >= 0.6 is 30.8 Å². The van der Waals surface area contributed by atoms with E-state index in [4.69, 9.17) is 33.0 Å². The molecule has 0 bridgehead atoms. The second-order valence-electron chi connectivity index (χ2n) is 3.57. The fourth-order valence-electron chi connectivity index (χ4n) is 1.27. The van der Waals surface area contributed by atoms with Crippen LogP contribution in [0.25, 0.3) is 0 Å². The van der Waals surface area contributed by atoms with Crippen LogP contribution in [0.3, 0.4) is 0 Å². The van der Waals surface area contributed by atoms with E-state index in [0.717, 1.165) is 25.7 Å². The molecule has 0 aliphatic carbocycles. The molecular formula is C10H19Cl2O3P. The Morgan fingerprint density at radius 2 is 1.62 bits per heavy atom. The number of allylic oxidation sites excluding steroid dienone is 2. The maximum Gasteiger partial charge on any atom is 0.351 e. The first-order valence-electron chi connectivity index (χ1n) is 5.39. The van der Waals surface area contributed by atoms with E-state index in [1.54, 1.807) is 6.08 Å². The fourth-order valence-corrected chi connectivity index (χ4v) is 2.47. The van der Waals surface area contributed by atoms with Gasteiger partial charge in [-0.05, 0) is 38.5 Å². The van der Waals surface area contributed by atoms with Gasteiger partial charge in [-0.2, -0.15) is 0 Å². The maximum absolute atomic E-state index is 11.2. The molecule has 0 aromatic carbocycles. The van der Waals surface area contributed by atoms with Crippen LogP contribution in [0.1, 0.15) is 38.5 Å². The van der Waals surface area contributed by atoms with Gasteiger partial charge in [0.2, 0.25) is 0 Å². The lowest BCUT2D eigenvalue weighted by Gasteiger charge is -2.09. The van der Waals surface area contributed by atoms with Gasteiger partial charge in [0, 0.05) is 17.1 Å². The predicted molar refractivity (Wildman–Crippen MR) is 69.3 cm³/mol. The zero-order valence-electron chi connectivity index (χ0n) is 9.24. The van der Waals surface area contributed by atoms with E-state index >= 15 is 0 Å². The van der Waals surface area contributed by atoms with Crippen LogP contribution in [0, 0.1) is 0 Å². The van der Waals surface area contributed by atoms with E-state index < -0.39 is 7.60 Å². The molecule has 96 valence electrons. The summed E-state index contributed by atoms with van der Waals surface area (Å²) in [7, 11) is -4.08. The molecule has 0 rings (SSSR count). The van der Waals surface area contributed by atoms with E-state index in [1.807, 2.05) is 0 Å². The van der Waals surface area contributed by atoms with Crippen LogP contribution in [0.15, 0.2) is 11.4 Å². The highest BCUT2D eigenvalue weighted by molar-refractivity contribution is 7.56. The van der Waals surface area contributed by atoms with Gasteiger partial charge in [0.05, 0.1) is 0 Å². The van der Waals surface area contributed by atoms with Crippen molar-refractivity contribution >= 4 is 30.8 Å². The standard InChI is InChI=1S/C10H19Cl2O3P/c11-8-4-1-2-6-10(16(13,14)15)7-3-5-9-12/h6H,1-5,7-9H2,(H2,13,14,15). The smallest absolute Gasteiger partial charge is 0.321 e. The molecule has 0 spiro atoms. The summed E-state index contributed by atoms with van der Waals surface area (Å²) >= 11 is 11.0. The van der Waals surface area contributed by atoms with Crippen LogP contribution in [0.4, 0.5) is 0 Å². The molecule has 0 fully saturated rings. The lowest BCUT2D eigenvalue weighted by atomic mass is 10.2. The molecule has 3 nitrogen and oxygen atoms in total. The minimum atomic E-state index is -4.08. The summed E-state index contributed by atoms with van der Waals surface area (Å²) in [5.41, 5.74) is 0. The van der Waals surface area contributed by atoms with Gasteiger partial charge in [0.1, 0.15) is 0 Å². The number of rotatable bonds is 9. The Balaban J connectivity index is 4.15. The topological polar surface area (TPSA) is 57.5 Å². The highest BCUT2D eigenvalue weighted by Gasteiger charge is 2.19. The summed E-state index contributed by atoms with van der Waals surface area (Å²) in [6.07, 6.45) is 5.99. The lowest BCUT2D eigenvalue weighted by Crippen LogP contribution is -1.89. The average Bonchev–Trinajstić information content (AvgIpc) is 2.20. The van der Waals surface area contributed by atoms with Crippen molar-refractivity contribution in [1.82, 2.24) is 0 Å². The Kier molecular flexibility index (Phi) is 9.77. The summed E-state index contributed by atoms with van der Waals surface area (Å²) in [4.78, 5) is 18.2. The zero-order chi connectivity index (χ0) is 12.4. The van der Waals surface area contributed by atoms with Crippen LogP contribution in [0.2, 0.25) is 0 Å². The van der Waals surface area contributed by atoms with Gasteiger partial charge in [-0.25, -0.2) is 0 Å². The van der Waals surface area contributed by atoms with E-state index in [9.17, 15) is 4.57 Å². The van der Waals surface area contributed by atoms with Gasteiger partial charge in [-0.15, -0.1) is 23.2 Å². The average molecular weight is 289 g/mol. The SMILES string of the molecule is O=P(O)(O)C(=CCCCCCl)CCCCCl. The normalized spacial score (nSPS) is 13.1. The van der Waals surface area contributed by atoms with Gasteiger partial charge in [0.25, 0.3) is 0 Å². The molecule has 0 atom stereocenters. The molecule has 0 radical (unpaired) electrons. The van der Waals surface area contributed by atoms with Crippen molar-refractivity contribution in [2.45, 2.75) is 38.5 Å². The van der Waals surface area contributed by atoms with Gasteiger partial charge in [-0.3, -0.25) is 4.57 Å². The maximum atomic E-state index is 11.2. The van der Waals surface area contributed by atoms with Gasteiger partial charge in [-0.1, -0.05) is 6.08 Å². The predicted octanol–water partition coefficient (Wildman–Crippen LogP) is 3.87. The fraction of sp³-hybridized carbons (Fsp3) is 0.800. The molecule has 0 unspecified atom stereocenters. The van der Waals surface area contributed by atoms with Gasteiger partial charge < -0.3 is 9.79 Å². The number of unbranched alkanes of at least 4 members (excludes halogenated alkanes) is 3. The van der Waals surface area contributed by atoms with Crippen molar-refractivity contribution in [3.8, 4) is 0 Å². The zero-order valence-corrected chi connectivity index (χ0v) is 11.6. The molecule has 0 heterocycles. The second kappa shape index (κ2) is 9.49. The van der Waals surface area contributed by atoms with Gasteiger partial charge in [0.15, 0.2) is 0 Å². The molecule has 0 aromatic heterocycles. The van der Waals surface area contributed by atoms with Crippen molar-refractivity contribution in [2.24, 2.45) is 0 Å². The first kappa shape index (κ1) is 16.5. The number of hydrogen-bond donors (Lipinski definition) is 2. The third-order valence-electron chi connectivity index (χ3n) is 2.16. The number of alkyl halides is 2. The third kappa shape index (κ3) is 8.60. The van der Waals surface area contributed by atoms with Crippen LogP contribution in [0.5, 0.6) is 0 Å². The Morgan fingerprint density at radius 1 is 1.06 bits per heavy atom.